The Morgan fingerprint density at radius 1 is 1.00 bits per heavy atom. The molecule has 0 unspecified atom stereocenters. The van der Waals surface area contributed by atoms with Crippen LogP contribution in [0.4, 0.5) is 0 Å². The lowest BCUT2D eigenvalue weighted by Gasteiger charge is -2.34. The zero-order chi connectivity index (χ0) is 21.8. The number of carbonyl (C=O) groups is 1. The lowest BCUT2D eigenvalue weighted by atomic mass is 10.1. The average molecular weight is 441 g/mol. The number of piperazine rings is 1. The van der Waals surface area contributed by atoms with Crippen LogP contribution in [-0.4, -0.2) is 65.9 Å². The second kappa shape index (κ2) is 9.41. The SMILES string of the molecule is COc1ccc(-n2ccc(C(=O)N3CCN(Cc4cc(Cl)ccc4OC)CC3)n2)cc1. The number of methoxy groups -OCH3 is 2. The third-order valence-electron chi connectivity index (χ3n) is 5.44. The molecule has 3 aromatic rings. The summed E-state index contributed by atoms with van der Waals surface area (Å²) in [4.78, 5) is 17.1. The highest BCUT2D eigenvalue weighted by atomic mass is 35.5. The number of hydrogen-bond donors (Lipinski definition) is 0. The molecule has 2 heterocycles. The number of hydrogen-bond acceptors (Lipinski definition) is 5. The molecule has 1 aromatic heterocycles. The Morgan fingerprint density at radius 2 is 1.74 bits per heavy atom. The minimum atomic E-state index is -0.0488. The zero-order valence-corrected chi connectivity index (χ0v) is 18.4. The average Bonchev–Trinajstić information content (AvgIpc) is 3.30. The van der Waals surface area contributed by atoms with E-state index in [0.29, 0.717) is 23.8 Å². The quantitative estimate of drug-likeness (QED) is 0.587. The monoisotopic (exact) mass is 440 g/mol. The van der Waals surface area contributed by atoms with Crippen LogP contribution in [0.5, 0.6) is 11.5 Å². The maximum Gasteiger partial charge on any atom is 0.274 e. The van der Waals surface area contributed by atoms with Gasteiger partial charge < -0.3 is 14.4 Å². The molecule has 8 heteroatoms. The number of benzene rings is 2. The van der Waals surface area contributed by atoms with Gasteiger partial charge in [-0.15, -0.1) is 0 Å². The van der Waals surface area contributed by atoms with E-state index in [-0.39, 0.29) is 5.91 Å². The summed E-state index contributed by atoms with van der Waals surface area (Å²) in [7, 11) is 3.29. The third kappa shape index (κ3) is 4.84. The van der Waals surface area contributed by atoms with Crippen molar-refractivity contribution in [3.63, 3.8) is 0 Å². The van der Waals surface area contributed by atoms with Gasteiger partial charge in [-0.1, -0.05) is 11.6 Å². The summed E-state index contributed by atoms with van der Waals surface area (Å²) in [5.41, 5.74) is 2.37. The number of nitrogens with zero attached hydrogens (tertiary/aromatic N) is 4. The van der Waals surface area contributed by atoms with E-state index in [1.807, 2.05) is 47.4 Å². The highest BCUT2D eigenvalue weighted by Gasteiger charge is 2.24. The molecule has 0 radical (unpaired) electrons. The van der Waals surface area contributed by atoms with E-state index < -0.39 is 0 Å². The van der Waals surface area contributed by atoms with Gasteiger partial charge in [-0.25, -0.2) is 4.68 Å². The summed E-state index contributed by atoms with van der Waals surface area (Å²) in [5, 5.41) is 5.16. The smallest absolute Gasteiger partial charge is 0.274 e. The molecule has 0 bridgehead atoms. The first-order valence-electron chi connectivity index (χ1n) is 10.1. The molecule has 0 spiro atoms. The molecule has 0 saturated carbocycles. The van der Waals surface area contributed by atoms with E-state index in [9.17, 15) is 4.79 Å². The molecule has 31 heavy (non-hydrogen) atoms. The normalized spacial score (nSPS) is 14.5. The van der Waals surface area contributed by atoms with Crippen molar-refractivity contribution in [1.82, 2.24) is 19.6 Å². The number of rotatable bonds is 6. The van der Waals surface area contributed by atoms with Gasteiger partial charge in [0.1, 0.15) is 11.5 Å². The first-order chi connectivity index (χ1) is 15.1. The molecule has 1 saturated heterocycles. The first-order valence-corrected chi connectivity index (χ1v) is 10.5. The molecular weight excluding hydrogens is 416 g/mol. The van der Waals surface area contributed by atoms with Gasteiger partial charge in [0.2, 0.25) is 0 Å². The molecule has 0 N–H and O–H groups in total. The van der Waals surface area contributed by atoms with Crippen molar-refractivity contribution in [2.24, 2.45) is 0 Å². The van der Waals surface area contributed by atoms with Crippen LogP contribution < -0.4 is 9.47 Å². The van der Waals surface area contributed by atoms with Gasteiger partial charge >= 0.3 is 0 Å². The molecule has 0 atom stereocenters. The summed E-state index contributed by atoms with van der Waals surface area (Å²) in [5.74, 6) is 1.56. The van der Waals surface area contributed by atoms with Gasteiger partial charge in [0.05, 0.1) is 19.9 Å². The maximum atomic E-state index is 12.9. The standard InChI is InChI=1S/C23H25ClN4O3/c1-30-20-6-4-19(5-7-20)28-10-9-21(25-28)23(29)27-13-11-26(12-14-27)16-17-15-18(24)3-8-22(17)31-2/h3-10,15H,11-14,16H2,1-2H3. The summed E-state index contributed by atoms with van der Waals surface area (Å²) in [6.07, 6.45) is 1.80. The van der Waals surface area contributed by atoms with Crippen molar-refractivity contribution < 1.29 is 14.3 Å². The van der Waals surface area contributed by atoms with Crippen LogP contribution in [0.2, 0.25) is 5.02 Å². The van der Waals surface area contributed by atoms with Gasteiger partial charge in [0.25, 0.3) is 5.91 Å². The van der Waals surface area contributed by atoms with Crippen LogP contribution in [0.3, 0.4) is 0 Å². The molecular formula is C23H25ClN4O3. The third-order valence-corrected chi connectivity index (χ3v) is 5.68. The van der Waals surface area contributed by atoms with E-state index >= 15 is 0 Å². The topological polar surface area (TPSA) is 59.8 Å². The van der Waals surface area contributed by atoms with E-state index in [0.717, 1.165) is 42.4 Å². The minimum Gasteiger partial charge on any atom is -0.497 e. The van der Waals surface area contributed by atoms with Gasteiger partial charge in [0.15, 0.2) is 5.69 Å². The van der Waals surface area contributed by atoms with Crippen molar-refractivity contribution in [3.8, 4) is 17.2 Å². The van der Waals surface area contributed by atoms with E-state index in [1.54, 1.807) is 31.2 Å². The molecule has 0 aliphatic carbocycles. The Kier molecular flexibility index (Phi) is 6.44. The lowest BCUT2D eigenvalue weighted by Crippen LogP contribution is -2.48. The van der Waals surface area contributed by atoms with Gasteiger partial charge in [-0.05, 0) is 48.5 Å². The fourth-order valence-corrected chi connectivity index (χ4v) is 3.89. The fraction of sp³-hybridized carbons (Fsp3) is 0.304. The molecule has 1 fully saturated rings. The van der Waals surface area contributed by atoms with Crippen molar-refractivity contribution >= 4 is 17.5 Å². The number of ether oxygens (including phenoxy) is 2. The number of aromatic nitrogens is 2. The maximum absolute atomic E-state index is 12.9. The van der Waals surface area contributed by atoms with Crippen molar-refractivity contribution in [3.05, 3.63) is 71.0 Å². The van der Waals surface area contributed by atoms with E-state index in [1.165, 1.54) is 0 Å². The second-order valence-electron chi connectivity index (χ2n) is 7.37. The van der Waals surface area contributed by atoms with Crippen LogP contribution in [0.15, 0.2) is 54.7 Å². The number of halogens is 1. The fourth-order valence-electron chi connectivity index (χ4n) is 3.70. The summed E-state index contributed by atoms with van der Waals surface area (Å²) in [6.45, 7) is 3.59. The van der Waals surface area contributed by atoms with Gasteiger partial charge in [-0.2, -0.15) is 5.10 Å². The Bertz CT molecular complexity index is 1040. The Labute approximate surface area is 186 Å². The predicted molar refractivity (Wildman–Crippen MR) is 119 cm³/mol. The number of carbonyl (C=O) groups excluding carboxylic acids is 1. The predicted octanol–water partition coefficient (Wildman–Crippen LogP) is 3.50. The highest BCUT2D eigenvalue weighted by molar-refractivity contribution is 6.30. The Hall–Kier alpha value is -3.03. The summed E-state index contributed by atoms with van der Waals surface area (Å²) in [6, 6.07) is 15.0. The Morgan fingerprint density at radius 3 is 2.42 bits per heavy atom. The Balaban J connectivity index is 1.36. The largest absolute Gasteiger partial charge is 0.497 e. The molecule has 7 nitrogen and oxygen atoms in total. The molecule has 1 aliphatic heterocycles. The van der Waals surface area contributed by atoms with Crippen LogP contribution in [-0.2, 0) is 6.54 Å². The zero-order valence-electron chi connectivity index (χ0n) is 17.6. The van der Waals surface area contributed by atoms with Crippen molar-refractivity contribution in [2.75, 3.05) is 40.4 Å². The van der Waals surface area contributed by atoms with Crippen molar-refractivity contribution in [2.45, 2.75) is 6.54 Å². The van der Waals surface area contributed by atoms with Crippen LogP contribution in [0, 0.1) is 0 Å². The molecule has 1 aliphatic rings. The molecule has 4 rings (SSSR count). The van der Waals surface area contributed by atoms with Crippen molar-refractivity contribution in [1.29, 1.82) is 0 Å². The van der Waals surface area contributed by atoms with Crippen LogP contribution in [0.25, 0.3) is 5.69 Å². The summed E-state index contributed by atoms with van der Waals surface area (Å²) >= 11 is 6.14. The first kappa shape index (κ1) is 21.2. The second-order valence-corrected chi connectivity index (χ2v) is 7.80. The summed E-state index contributed by atoms with van der Waals surface area (Å²) < 4.78 is 12.3. The van der Waals surface area contributed by atoms with E-state index in [4.69, 9.17) is 21.1 Å². The number of amides is 1. The minimum absolute atomic E-state index is 0.0488. The molecule has 2 aromatic carbocycles. The highest BCUT2D eigenvalue weighted by Crippen LogP contribution is 2.24. The molecule has 162 valence electrons. The van der Waals surface area contributed by atoms with Gasteiger partial charge in [-0.3, -0.25) is 9.69 Å². The molecule has 1 amide bonds. The van der Waals surface area contributed by atoms with Crippen LogP contribution in [0.1, 0.15) is 16.1 Å². The van der Waals surface area contributed by atoms with Gasteiger partial charge in [0, 0.05) is 49.5 Å². The van der Waals surface area contributed by atoms with E-state index in [2.05, 4.69) is 10.00 Å². The lowest BCUT2D eigenvalue weighted by molar-refractivity contribution is 0.0621. The van der Waals surface area contributed by atoms with Crippen LogP contribution >= 0.6 is 11.6 Å².